The first-order chi connectivity index (χ1) is 7.54. The Hall–Kier alpha value is 1.06. The van der Waals surface area contributed by atoms with Gasteiger partial charge in [-0.1, -0.05) is 70.6 Å². The number of rotatable bonds is 6. The summed E-state index contributed by atoms with van der Waals surface area (Å²) in [6.45, 7) is 3.25. The van der Waals surface area contributed by atoms with Crippen LogP contribution in [0, 0.1) is 11.8 Å². The number of carbonyl (C=O) groups is 2. The van der Waals surface area contributed by atoms with Gasteiger partial charge >= 0.3 is 5.97 Å². The molecule has 0 fully saturated rings. The molecule has 0 aliphatic carbocycles. The van der Waals surface area contributed by atoms with Crippen molar-refractivity contribution in [1.29, 1.82) is 0 Å². The van der Waals surface area contributed by atoms with E-state index in [1.54, 1.807) is 0 Å². The van der Waals surface area contributed by atoms with Crippen LogP contribution in [0.25, 0.3) is 0 Å². The summed E-state index contributed by atoms with van der Waals surface area (Å²) in [7, 11) is 0. The van der Waals surface area contributed by atoms with E-state index >= 15 is 0 Å². The van der Waals surface area contributed by atoms with E-state index in [1.165, 1.54) is 6.92 Å². The van der Waals surface area contributed by atoms with Gasteiger partial charge in [-0.3, -0.25) is 9.59 Å². The van der Waals surface area contributed by atoms with Crippen molar-refractivity contribution < 1.29 is 14.7 Å². The van der Waals surface area contributed by atoms with Crippen LogP contribution in [-0.2, 0) is 9.59 Å². The number of hydrogen-bond acceptors (Lipinski definition) is 2. The average Bonchev–Trinajstić information content (AvgIpc) is 2.09. The van der Waals surface area contributed by atoms with Gasteiger partial charge in [-0.25, -0.2) is 0 Å². The quantitative estimate of drug-likeness (QED) is 0.436. The van der Waals surface area contributed by atoms with Gasteiger partial charge < -0.3 is 5.11 Å². The summed E-state index contributed by atoms with van der Waals surface area (Å²) in [6, 6.07) is 0. The number of ketones is 1. The summed E-state index contributed by atoms with van der Waals surface area (Å²) in [5.74, 6) is -2.19. The molecule has 1 N–H and O–H groups in total. The summed E-state index contributed by atoms with van der Waals surface area (Å²) in [5.41, 5.74) is 0. The summed E-state index contributed by atoms with van der Waals surface area (Å²) < 4.78 is -0.371. The van der Waals surface area contributed by atoms with Crippen LogP contribution >= 0.6 is 63.7 Å². The normalized spacial score (nSPS) is 17.3. The van der Waals surface area contributed by atoms with Gasteiger partial charge in [0.05, 0.1) is 0 Å². The molecule has 0 aromatic heterocycles. The van der Waals surface area contributed by atoms with Crippen molar-refractivity contribution in [3.63, 3.8) is 0 Å². The van der Waals surface area contributed by atoms with Gasteiger partial charge in [0, 0.05) is 4.83 Å². The molecule has 0 radical (unpaired) electrons. The van der Waals surface area contributed by atoms with Gasteiger partial charge in [-0.2, -0.15) is 0 Å². The summed E-state index contributed by atoms with van der Waals surface area (Å²) in [5, 5.41) is 8.94. The van der Waals surface area contributed by atoms with Crippen molar-refractivity contribution in [2.24, 2.45) is 11.8 Å². The fourth-order valence-electron chi connectivity index (χ4n) is 1.38. The molecule has 0 saturated heterocycles. The number of alkyl halides is 4. The Bertz CT molecular complexity index is 274. The van der Waals surface area contributed by atoms with E-state index in [1.807, 2.05) is 6.92 Å². The van der Waals surface area contributed by atoms with Crippen LogP contribution in [0.5, 0.6) is 0 Å². The van der Waals surface area contributed by atoms with E-state index in [0.717, 1.165) is 0 Å². The minimum absolute atomic E-state index is 0.0759. The molecule has 100 valence electrons. The molecule has 7 heteroatoms. The Kier molecular flexibility index (Phi) is 8.08. The molecule has 0 heterocycles. The zero-order valence-corrected chi connectivity index (χ0v) is 15.8. The van der Waals surface area contributed by atoms with Crippen molar-refractivity contribution in [1.82, 2.24) is 0 Å². The van der Waals surface area contributed by atoms with Gasteiger partial charge in [-0.05, 0) is 25.7 Å². The van der Waals surface area contributed by atoms with Crippen LogP contribution in [0.2, 0.25) is 0 Å². The van der Waals surface area contributed by atoms with Crippen molar-refractivity contribution in [3.8, 4) is 0 Å². The maximum atomic E-state index is 11.2. The van der Waals surface area contributed by atoms with Crippen LogP contribution in [0.1, 0.15) is 26.7 Å². The second kappa shape index (κ2) is 7.60. The molecule has 3 nitrogen and oxygen atoms in total. The molecule has 0 aliphatic heterocycles. The largest absolute Gasteiger partial charge is 0.481 e. The molecule has 3 atom stereocenters. The number of hydrogen-bond donors (Lipinski definition) is 1. The Morgan fingerprint density at radius 1 is 1.29 bits per heavy atom. The predicted octanol–water partition coefficient (Wildman–Crippen LogP) is 4.29. The number of aliphatic carboxylic acids is 1. The second-order valence-corrected chi connectivity index (χ2v) is 12.5. The molecule has 0 aromatic rings. The first-order valence-electron chi connectivity index (χ1n) is 4.98. The highest BCUT2D eigenvalue weighted by Gasteiger charge is 2.31. The van der Waals surface area contributed by atoms with Gasteiger partial charge in [0.1, 0.15) is 13.8 Å². The highest BCUT2D eigenvalue weighted by atomic mass is 80.0. The van der Waals surface area contributed by atoms with Gasteiger partial charge in [0.2, 0.25) is 0 Å². The highest BCUT2D eigenvalue weighted by molar-refractivity contribution is 9.39. The van der Waals surface area contributed by atoms with Crippen molar-refractivity contribution in [3.05, 3.63) is 0 Å². The molecule has 0 rings (SSSR count). The van der Waals surface area contributed by atoms with E-state index < -0.39 is 11.9 Å². The minimum Gasteiger partial charge on any atom is -0.481 e. The Morgan fingerprint density at radius 3 is 2.06 bits per heavy atom. The SMILES string of the molecule is CC(=O)C(CC(C)C(Br)CC(Br)(Br)Br)C(=O)O. The van der Waals surface area contributed by atoms with E-state index in [2.05, 4.69) is 63.7 Å². The number of halogens is 4. The average molecular weight is 502 g/mol. The zero-order chi connectivity index (χ0) is 13.8. The van der Waals surface area contributed by atoms with Crippen LogP contribution in [0.3, 0.4) is 0 Å². The molecule has 0 amide bonds. The van der Waals surface area contributed by atoms with E-state index in [0.29, 0.717) is 12.8 Å². The second-order valence-electron chi connectivity index (χ2n) is 4.05. The van der Waals surface area contributed by atoms with Crippen LogP contribution < -0.4 is 0 Å². The number of carboxylic acid groups (broad SMARTS) is 1. The third kappa shape index (κ3) is 7.95. The Labute approximate surface area is 135 Å². The van der Waals surface area contributed by atoms with E-state index in [4.69, 9.17) is 5.11 Å². The van der Waals surface area contributed by atoms with Crippen LogP contribution in [0.4, 0.5) is 0 Å². The summed E-state index contributed by atoms with van der Waals surface area (Å²) >= 11 is 13.7. The standard InChI is InChI=1S/C10H14Br4O3/c1-5(8(11)4-10(12,13)14)3-7(6(2)15)9(16)17/h5,7-8H,3-4H2,1-2H3,(H,16,17). The van der Waals surface area contributed by atoms with E-state index in [9.17, 15) is 9.59 Å². The van der Waals surface area contributed by atoms with Gasteiger partial charge in [0.25, 0.3) is 0 Å². The van der Waals surface area contributed by atoms with Crippen LogP contribution in [-0.4, -0.2) is 23.8 Å². The lowest BCUT2D eigenvalue weighted by molar-refractivity contribution is -0.146. The molecule has 0 aromatic carbocycles. The first-order valence-corrected chi connectivity index (χ1v) is 8.28. The summed E-state index contributed by atoms with van der Waals surface area (Å²) in [4.78, 5) is 22.2. The predicted molar refractivity (Wildman–Crippen MR) is 82.4 cm³/mol. The van der Waals surface area contributed by atoms with Crippen LogP contribution in [0.15, 0.2) is 0 Å². The topological polar surface area (TPSA) is 54.4 Å². The maximum Gasteiger partial charge on any atom is 0.314 e. The number of carbonyl (C=O) groups excluding carboxylic acids is 1. The zero-order valence-electron chi connectivity index (χ0n) is 9.42. The lowest BCUT2D eigenvalue weighted by Crippen LogP contribution is -2.27. The molecular weight excluding hydrogens is 488 g/mol. The molecule has 0 spiro atoms. The molecule has 0 bridgehead atoms. The molecular formula is C10H14Br4O3. The van der Waals surface area contributed by atoms with Crippen molar-refractivity contribution in [2.75, 3.05) is 0 Å². The molecule has 0 saturated carbocycles. The lowest BCUT2D eigenvalue weighted by atomic mass is 9.90. The fourth-order valence-corrected chi connectivity index (χ4v) is 4.43. The number of carboxylic acids is 1. The molecule has 0 aliphatic rings. The Morgan fingerprint density at radius 2 is 1.76 bits per heavy atom. The maximum absolute atomic E-state index is 11.2. The molecule has 17 heavy (non-hydrogen) atoms. The smallest absolute Gasteiger partial charge is 0.314 e. The van der Waals surface area contributed by atoms with Crippen molar-refractivity contribution in [2.45, 2.75) is 33.7 Å². The minimum atomic E-state index is -1.05. The molecule has 3 unspecified atom stereocenters. The fraction of sp³-hybridized carbons (Fsp3) is 0.800. The number of Topliss-reactive ketones (excluding diaryl/α,β-unsaturated/α-hetero) is 1. The summed E-state index contributed by atoms with van der Waals surface area (Å²) in [6.07, 6.45) is 1.04. The monoisotopic (exact) mass is 498 g/mol. The highest BCUT2D eigenvalue weighted by Crippen LogP contribution is 2.41. The third-order valence-electron chi connectivity index (χ3n) is 2.44. The van der Waals surface area contributed by atoms with Gasteiger partial charge in [0.15, 0.2) is 0 Å². The van der Waals surface area contributed by atoms with E-state index in [-0.39, 0.29) is 18.7 Å². The van der Waals surface area contributed by atoms with Gasteiger partial charge in [-0.15, -0.1) is 0 Å². The van der Waals surface area contributed by atoms with Crippen molar-refractivity contribution >= 4 is 75.5 Å². The lowest BCUT2D eigenvalue weighted by Gasteiger charge is -2.24. The third-order valence-corrected chi connectivity index (χ3v) is 4.64. The first kappa shape index (κ1) is 18.1. The Balaban J connectivity index is 4.46.